The van der Waals surface area contributed by atoms with Gasteiger partial charge >= 0.3 is 0 Å². The normalized spacial score (nSPS) is 21.3. The molecule has 1 aliphatic rings. The minimum absolute atomic E-state index is 0. The van der Waals surface area contributed by atoms with Crippen LogP contribution in [0.15, 0.2) is 18.2 Å². The minimum atomic E-state index is 0. The van der Waals surface area contributed by atoms with E-state index < -0.39 is 0 Å². The van der Waals surface area contributed by atoms with Crippen molar-refractivity contribution in [1.82, 2.24) is 0 Å². The van der Waals surface area contributed by atoms with Crippen LogP contribution in [0, 0.1) is 6.08 Å². The molecule has 0 saturated heterocycles. The molecule has 0 unspecified atom stereocenters. The fourth-order valence-corrected chi connectivity index (χ4v) is 0.805. The zero-order valence-electron chi connectivity index (χ0n) is 5.38. The Bertz CT molecular complexity index is 89.1. The molecule has 1 heteroatoms. The molecule has 0 atom stereocenters. The van der Waals surface area contributed by atoms with E-state index in [2.05, 4.69) is 18.2 Å². The molecule has 1 rings (SSSR count). The Morgan fingerprint density at radius 2 is 2.11 bits per heavy atom. The van der Waals surface area contributed by atoms with E-state index in [1.54, 1.807) is 0 Å². The van der Waals surface area contributed by atoms with Crippen LogP contribution in [-0.4, -0.2) is 0 Å². The van der Waals surface area contributed by atoms with Crippen LogP contribution in [0.3, 0.4) is 0 Å². The Balaban J connectivity index is 0.000000640. The zero-order chi connectivity index (χ0) is 5.66. The van der Waals surface area contributed by atoms with E-state index in [1.165, 1.54) is 19.3 Å². The van der Waals surface area contributed by atoms with Crippen LogP contribution >= 0.6 is 0 Å². The summed E-state index contributed by atoms with van der Waals surface area (Å²) in [6.07, 6.45) is 14.5. The van der Waals surface area contributed by atoms with Crippen molar-refractivity contribution in [3.8, 4) is 0 Å². The van der Waals surface area contributed by atoms with Gasteiger partial charge in [-0.05, 0) is 0 Å². The first-order valence-electron chi connectivity index (χ1n) is 3.22. The summed E-state index contributed by atoms with van der Waals surface area (Å²) in [5.74, 6) is 0. The van der Waals surface area contributed by atoms with Gasteiger partial charge < -0.3 is 0 Å². The Hall–Kier alpha value is 0.168. The quantitative estimate of drug-likeness (QED) is 0.603. The van der Waals surface area contributed by atoms with E-state index in [1.807, 2.05) is 6.08 Å². The number of hydrogen-bond donors (Lipinski definition) is 0. The van der Waals surface area contributed by atoms with Gasteiger partial charge in [0, 0.05) is 21.1 Å². The molecule has 0 bridgehead atoms. The van der Waals surface area contributed by atoms with Crippen LogP contribution < -0.4 is 0 Å². The van der Waals surface area contributed by atoms with Gasteiger partial charge in [-0.3, -0.25) is 6.08 Å². The summed E-state index contributed by atoms with van der Waals surface area (Å²) in [6, 6.07) is 0. The van der Waals surface area contributed by atoms with Gasteiger partial charge in [0.2, 0.25) is 0 Å². The topological polar surface area (TPSA) is 0 Å². The van der Waals surface area contributed by atoms with Gasteiger partial charge in [0.1, 0.15) is 0 Å². The summed E-state index contributed by atoms with van der Waals surface area (Å²) in [4.78, 5) is 0. The molecular weight excluding hydrogens is 291 g/mol. The maximum atomic E-state index is 3.18. The second kappa shape index (κ2) is 6.29. The molecule has 0 spiro atoms. The van der Waals surface area contributed by atoms with E-state index in [9.17, 15) is 0 Å². The van der Waals surface area contributed by atoms with E-state index in [-0.39, 0.29) is 21.1 Å². The smallest absolute Gasteiger partial charge is 0 e. The fraction of sp³-hybridized carbons (Fsp3) is 0.500. The average molecular weight is 302 g/mol. The van der Waals surface area contributed by atoms with Crippen molar-refractivity contribution in [3.63, 3.8) is 0 Å². The standard InChI is InChI=1S/C8H11.Pt/c1-2-4-6-8-7-5-3-1;/h1-3H,4,6-8H2;/q-1;/b2-1-;. The summed E-state index contributed by atoms with van der Waals surface area (Å²) >= 11 is 0. The number of rotatable bonds is 0. The molecule has 0 aromatic rings. The number of allylic oxidation sites excluding steroid dienone is 4. The van der Waals surface area contributed by atoms with E-state index in [4.69, 9.17) is 0 Å². The molecule has 0 N–H and O–H groups in total. The second-order valence-electron chi connectivity index (χ2n) is 2.04. The van der Waals surface area contributed by atoms with Gasteiger partial charge in [0.25, 0.3) is 0 Å². The third-order valence-electron chi connectivity index (χ3n) is 1.29. The molecule has 0 aliphatic heterocycles. The maximum absolute atomic E-state index is 3.18. The van der Waals surface area contributed by atoms with E-state index >= 15 is 0 Å². The largest absolute Gasteiger partial charge is 0.275 e. The number of hydrogen-bond acceptors (Lipinski definition) is 0. The summed E-state index contributed by atoms with van der Waals surface area (Å²) < 4.78 is 0. The van der Waals surface area contributed by atoms with Crippen LogP contribution in [0.5, 0.6) is 0 Å². The zero-order valence-corrected chi connectivity index (χ0v) is 7.65. The Morgan fingerprint density at radius 3 is 3.00 bits per heavy atom. The SMILES string of the molecule is [C-]1=C/C=C\CCCC1.[Pt]. The van der Waals surface area contributed by atoms with Crippen molar-refractivity contribution in [2.24, 2.45) is 0 Å². The molecule has 1 aliphatic carbocycles. The van der Waals surface area contributed by atoms with Gasteiger partial charge in [0.15, 0.2) is 0 Å². The van der Waals surface area contributed by atoms with Crippen LogP contribution in [-0.2, 0) is 21.1 Å². The van der Waals surface area contributed by atoms with Gasteiger partial charge in [-0.2, -0.15) is 6.08 Å². The molecular formula is C8H11Pt-. The third-order valence-corrected chi connectivity index (χ3v) is 1.29. The van der Waals surface area contributed by atoms with Crippen molar-refractivity contribution in [1.29, 1.82) is 0 Å². The van der Waals surface area contributed by atoms with Crippen molar-refractivity contribution >= 4 is 0 Å². The van der Waals surface area contributed by atoms with Crippen molar-refractivity contribution in [2.45, 2.75) is 25.7 Å². The Morgan fingerprint density at radius 1 is 1.22 bits per heavy atom. The summed E-state index contributed by atoms with van der Waals surface area (Å²) in [6.45, 7) is 0. The molecule has 0 radical (unpaired) electrons. The van der Waals surface area contributed by atoms with Crippen molar-refractivity contribution in [2.75, 3.05) is 0 Å². The van der Waals surface area contributed by atoms with Crippen LogP contribution in [0.1, 0.15) is 25.7 Å². The van der Waals surface area contributed by atoms with Gasteiger partial charge in [-0.25, -0.2) is 12.2 Å². The maximum Gasteiger partial charge on any atom is 0 e. The van der Waals surface area contributed by atoms with Crippen LogP contribution in [0.4, 0.5) is 0 Å². The minimum Gasteiger partial charge on any atom is -0.275 e. The van der Waals surface area contributed by atoms with Crippen molar-refractivity contribution < 1.29 is 21.1 Å². The third kappa shape index (κ3) is 4.66. The summed E-state index contributed by atoms with van der Waals surface area (Å²) in [5, 5.41) is 0. The molecule has 0 aromatic carbocycles. The van der Waals surface area contributed by atoms with Gasteiger partial charge in [0.05, 0.1) is 0 Å². The summed E-state index contributed by atoms with van der Waals surface area (Å²) in [7, 11) is 0. The van der Waals surface area contributed by atoms with E-state index in [0.717, 1.165) is 6.42 Å². The second-order valence-corrected chi connectivity index (χ2v) is 2.04. The molecule has 0 saturated carbocycles. The molecule has 0 heterocycles. The predicted octanol–water partition coefficient (Wildman–Crippen LogP) is 2.47. The van der Waals surface area contributed by atoms with Crippen LogP contribution in [0.25, 0.3) is 0 Å². The molecule has 0 amide bonds. The molecule has 54 valence electrons. The molecule has 0 fully saturated rings. The monoisotopic (exact) mass is 302 g/mol. The molecule has 9 heavy (non-hydrogen) atoms. The van der Waals surface area contributed by atoms with Crippen LogP contribution in [0.2, 0.25) is 0 Å². The molecule has 0 nitrogen and oxygen atoms in total. The average Bonchev–Trinajstić information content (AvgIpc) is 1.62. The first-order chi connectivity index (χ1) is 4.00. The summed E-state index contributed by atoms with van der Waals surface area (Å²) in [5.41, 5.74) is 0. The molecule has 0 aromatic heterocycles. The fourth-order valence-electron chi connectivity index (χ4n) is 0.805. The first-order valence-corrected chi connectivity index (χ1v) is 3.22. The van der Waals surface area contributed by atoms with E-state index in [0.29, 0.717) is 0 Å². The van der Waals surface area contributed by atoms with Gasteiger partial charge in [-0.15, -0.1) is 6.42 Å². The Kier molecular flexibility index (Phi) is 6.41. The van der Waals surface area contributed by atoms with Gasteiger partial charge in [-0.1, -0.05) is 19.3 Å². The Labute approximate surface area is 71.3 Å². The first kappa shape index (κ1) is 9.17. The van der Waals surface area contributed by atoms with Crippen molar-refractivity contribution in [3.05, 3.63) is 24.3 Å². The predicted molar refractivity (Wildman–Crippen MR) is 35.4 cm³/mol.